The summed E-state index contributed by atoms with van der Waals surface area (Å²) in [5.41, 5.74) is 0. The Hall–Kier alpha value is -1.29. The third-order valence-electron chi connectivity index (χ3n) is 5.05. The van der Waals surface area contributed by atoms with Crippen LogP contribution in [-0.2, 0) is 4.79 Å². The van der Waals surface area contributed by atoms with Crippen LogP contribution in [0.5, 0.6) is 0 Å². The molecule has 0 saturated carbocycles. The summed E-state index contributed by atoms with van der Waals surface area (Å²) < 4.78 is 5.68. The van der Waals surface area contributed by atoms with Gasteiger partial charge in [-0.25, -0.2) is 0 Å². The molecule has 1 fully saturated rings. The lowest BCUT2D eigenvalue weighted by atomic mass is 10.1. The SMILES string of the molecule is CCC(C)NC(=O)CCNC(=NC)NCC(c1ccco1)N1CCCCC1.I. The van der Waals surface area contributed by atoms with Crippen molar-refractivity contribution in [3.63, 3.8) is 0 Å². The number of nitrogens with one attached hydrogen (secondary N) is 3. The highest BCUT2D eigenvalue weighted by Crippen LogP contribution is 2.24. The highest BCUT2D eigenvalue weighted by Gasteiger charge is 2.24. The maximum Gasteiger partial charge on any atom is 0.221 e. The molecule has 0 aromatic carbocycles. The molecular formula is C20H36IN5O2. The Bertz CT molecular complexity index is 573. The summed E-state index contributed by atoms with van der Waals surface area (Å²) in [5.74, 6) is 1.75. The molecule has 1 amide bonds. The molecule has 1 aliphatic rings. The Morgan fingerprint density at radius 1 is 1.29 bits per heavy atom. The van der Waals surface area contributed by atoms with E-state index in [0.717, 1.165) is 25.3 Å². The number of piperidine rings is 1. The molecule has 2 atom stereocenters. The van der Waals surface area contributed by atoms with Gasteiger partial charge in [0.1, 0.15) is 5.76 Å². The summed E-state index contributed by atoms with van der Waals surface area (Å²) in [6.07, 6.45) is 6.86. The van der Waals surface area contributed by atoms with Crippen LogP contribution in [0.25, 0.3) is 0 Å². The molecule has 2 unspecified atom stereocenters. The number of carbonyl (C=O) groups is 1. The van der Waals surface area contributed by atoms with E-state index in [-0.39, 0.29) is 42.0 Å². The van der Waals surface area contributed by atoms with E-state index >= 15 is 0 Å². The minimum atomic E-state index is 0. The van der Waals surface area contributed by atoms with Crippen molar-refractivity contribution in [3.8, 4) is 0 Å². The molecule has 0 radical (unpaired) electrons. The van der Waals surface area contributed by atoms with Crippen molar-refractivity contribution in [1.29, 1.82) is 0 Å². The number of furan rings is 1. The Morgan fingerprint density at radius 2 is 2.04 bits per heavy atom. The normalized spacial score (nSPS) is 17.3. The predicted octanol–water partition coefficient (Wildman–Crippen LogP) is 2.89. The maximum absolute atomic E-state index is 11.9. The Labute approximate surface area is 186 Å². The third-order valence-corrected chi connectivity index (χ3v) is 5.05. The lowest BCUT2D eigenvalue weighted by molar-refractivity contribution is -0.121. The van der Waals surface area contributed by atoms with Crippen LogP contribution in [0.3, 0.4) is 0 Å². The number of hydrogen-bond acceptors (Lipinski definition) is 4. The van der Waals surface area contributed by atoms with Gasteiger partial charge < -0.3 is 20.4 Å². The first-order chi connectivity index (χ1) is 13.1. The van der Waals surface area contributed by atoms with E-state index < -0.39 is 0 Å². The zero-order chi connectivity index (χ0) is 19.5. The number of aliphatic imine (C=N–C) groups is 1. The van der Waals surface area contributed by atoms with Gasteiger partial charge in [0.05, 0.1) is 12.3 Å². The second-order valence-electron chi connectivity index (χ2n) is 7.13. The number of rotatable bonds is 9. The van der Waals surface area contributed by atoms with Crippen molar-refractivity contribution in [1.82, 2.24) is 20.9 Å². The number of guanidine groups is 1. The van der Waals surface area contributed by atoms with Crippen LogP contribution in [0.1, 0.15) is 57.8 Å². The molecule has 2 heterocycles. The first-order valence-corrected chi connectivity index (χ1v) is 10.1. The van der Waals surface area contributed by atoms with Gasteiger partial charge in [-0.15, -0.1) is 24.0 Å². The molecule has 160 valence electrons. The fraction of sp³-hybridized carbons (Fsp3) is 0.700. The predicted molar refractivity (Wildman–Crippen MR) is 124 cm³/mol. The fourth-order valence-electron chi connectivity index (χ4n) is 3.28. The van der Waals surface area contributed by atoms with Crippen LogP contribution in [0.2, 0.25) is 0 Å². The zero-order valence-electron chi connectivity index (χ0n) is 17.4. The van der Waals surface area contributed by atoms with Crippen LogP contribution in [-0.4, -0.2) is 56.0 Å². The van der Waals surface area contributed by atoms with E-state index in [1.165, 1.54) is 19.3 Å². The van der Waals surface area contributed by atoms with Crippen LogP contribution in [0.15, 0.2) is 27.8 Å². The number of hydrogen-bond donors (Lipinski definition) is 3. The Morgan fingerprint density at radius 3 is 2.64 bits per heavy atom. The molecule has 3 N–H and O–H groups in total. The average Bonchev–Trinajstić information content (AvgIpc) is 3.22. The standard InChI is InChI=1S/C20H35N5O2.HI/c1-4-16(2)24-19(26)10-11-22-20(21-3)23-15-17(18-9-8-14-27-18)25-12-6-5-7-13-25;/h8-9,14,16-17H,4-7,10-13,15H2,1-3H3,(H,24,26)(H2,21,22,23);1H. The van der Waals surface area contributed by atoms with Gasteiger partial charge in [-0.1, -0.05) is 13.3 Å². The van der Waals surface area contributed by atoms with Crippen molar-refractivity contribution < 1.29 is 9.21 Å². The number of amides is 1. The van der Waals surface area contributed by atoms with Gasteiger partial charge in [0.2, 0.25) is 5.91 Å². The summed E-state index contributed by atoms with van der Waals surface area (Å²) in [7, 11) is 1.75. The van der Waals surface area contributed by atoms with Crippen LogP contribution >= 0.6 is 24.0 Å². The van der Waals surface area contributed by atoms with Gasteiger partial charge in [0.15, 0.2) is 5.96 Å². The van der Waals surface area contributed by atoms with Gasteiger partial charge in [0, 0.05) is 32.6 Å². The lowest BCUT2D eigenvalue weighted by Crippen LogP contribution is -2.45. The van der Waals surface area contributed by atoms with Gasteiger partial charge in [-0.3, -0.25) is 14.7 Å². The third kappa shape index (κ3) is 8.38. The average molecular weight is 505 g/mol. The first kappa shape index (κ1) is 24.7. The van der Waals surface area contributed by atoms with E-state index in [1.807, 2.05) is 19.1 Å². The molecule has 28 heavy (non-hydrogen) atoms. The summed E-state index contributed by atoms with van der Waals surface area (Å²) >= 11 is 0. The maximum atomic E-state index is 11.9. The molecule has 1 saturated heterocycles. The highest BCUT2D eigenvalue weighted by molar-refractivity contribution is 14.0. The second-order valence-corrected chi connectivity index (χ2v) is 7.13. The monoisotopic (exact) mass is 505 g/mol. The quantitative estimate of drug-likeness (QED) is 0.273. The van der Waals surface area contributed by atoms with E-state index in [4.69, 9.17) is 4.42 Å². The minimum absolute atomic E-state index is 0. The first-order valence-electron chi connectivity index (χ1n) is 10.1. The van der Waals surface area contributed by atoms with Crippen LogP contribution < -0.4 is 16.0 Å². The molecular weight excluding hydrogens is 469 g/mol. The van der Waals surface area contributed by atoms with Gasteiger partial charge in [0.25, 0.3) is 0 Å². The highest BCUT2D eigenvalue weighted by atomic mass is 127. The summed E-state index contributed by atoms with van der Waals surface area (Å²) in [6.45, 7) is 7.53. The smallest absolute Gasteiger partial charge is 0.221 e. The topological polar surface area (TPSA) is 81.9 Å². The molecule has 8 heteroatoms. The van der Waals surface area contributed by atoms with Gasteiger partial charge >= 0.3 is 0 Å². The molecule has 0 aliphatic carbocycles. The fourth-order valence-corrected chi connectivity index (χ4v) is 3.28. The molecule has 0 spiro atoms. The molecule has 7 nitrogen and oxygen atoms in total. The van der Waals surface area contributed by atoms with Crippen molar-refractivity contribution in [2.75, 3.05) is 33.2 Å². The molecule has 1 aromatic heterocycles. The van der Waals surface area contributed by atoms with E-state index in [9.17, 15) is 4.79 Å². The van der Waals surface area contributed by atoms with Gasteiger partial charge in [-0.05, 0) is 51.4 Å². The molecule has 2 rings (SSSR count). The number of halogens is 1. The molecule has 1 aliphatic heterocycles. The van der Waals surface area contributed by atoms with Crippen molar-refractivity contribution in [3.05, 3.63) is 24.2 Å². The van der Waals surface area contributed by atoms with E-state index in [1.54, 1.807) is 13.3 Å². The molecule has 0 bridgehead atoms. The van der Waals surface area contributed by atoms with E-state index in [2.05, 4.69) is 32.8 Å². The lowest BCUT2D eigenvalue weighted by Gasteiger charge is -2.33. The number of carbonyl (C=O) groups excluding carboxylic acids is 1. The summed E-state index contributed by atoms with van der Waals surface area (Å²) in [6, 6.07) is 4.38. The van der Waals surface area contributed by atoms with Crippen LogP contribution in [0.4, 0.5) is 0 Å². The second kappa shape index (κ2) is 13.8. The minimum Gasteiger partial charge on any atom is -0.468 e. The zero-order valence-corrected chi connectivity index (χ0v) is 19.7. The van der Waals surface area contributed by atoms with Crippen molar-refractivity contribution in [2.24, 2.45) is 4.99 Å². The Kier molecular flexibility index (Phi) is 12.2. The van der Waals surface area contributed by atoms with Crippen molar-refractivity contribution in [2.45, 2.75) is 58.0 Å². The summed E-state index contributed by atoms with van der Waals surface area (Å²) in [5, 5.41) is 9.59. The van der Waals surface area contributed by atoms with Crippen molar-refractivity contribution >= 4 is 35.8 Å². The largest absolute Gasteiger partial charge is 0.468 e. The number of nitrogens with zero attached hydrogens (tertiary/aromatic N) is 2. The Balaban J connectivity index is 0.00000392. The van der Waals surface area contributed by atoms with Crippen LogP contribution in [0, 0.1) is 0 Å². The van der Waals surface area contributed by atoms with E-state index in [0.29, 0.717) is 25.5 Å². The number of likely N-dealkylation sites (tertiary alicyclic amines) is 1. The van der Waals surface area contributed by atoms with Gasteiger partial charge in [-0.2, -0.15) is 0 Å². The molecule has 1 aromatic rings. The summed E-state index contributed by atoms with van der Waals surface area (Å²) in [4.78, 5) is 18.6.